The van der Waals surface area contributed by atoms with Gasteiger partial charge in [0.05, 0.1) is 5.56 Å². The molecule has 96 valence electrons. The van der Waals surface area contributed by atoms with Gasteiger partial charge >= 0.3 is 5.97 Å². The van der Waals surface area contributed by atoms with Gasteiger partial charge in [0.2, 0.25) is 0 Å². The molecule has 0 atom stereocenters. The summed E-state index contributed by atoms with van der Waals surface area (Å²) in [6, 6.07) is 19.2. The minimum atomic E-state index is -0.459. The zero-order valence-electron chi connectivity index (χ0n) is 10.7. The summed E-state index contributed by atoms with van der Waals surface area (Å²) in [5.74, 6) is -0.459. The van der Waals surface area contributed by atoms with Gasteiger partial charge in [0.1, 0.15) is 6.07 Å². The first-order chi connectivity index (χ1) is 9.81. The molecule has 0 fully saturated rings. The van der Waals surface area contributed by atoms with Crippen molar-refractivity contribution in [3.05, 3.63) is 60.2 Å². The van der Waals surface area contributed by atoms with Gasteiger partial charge in [-0.2, -0.15) is 5.26 Å². The maximum absolute atomic E-state index is 12.3. The molecule has 3 aromatic carbocycles. The molecule has 0 N–H and O–H groups in total. The fourth-order valence-corrected chi connectivity index (χ4v) is 2.40. The number of carbonyl (C=O) groups is 1. The van der Waals surface area contributed by atoms with Crippen LogP contribution in [0, 0.1) is 11.3 Å². The first-order valence-electron chi connectivity index (χ1n) is 6.26. The van der Waals surface area contributed by atoms with Crippen molar-refractivity contribution in [2.75, 3.05) is 6.61 Å². The molecule has 0 spiro atoms. The Labute approximate surface area is 116 Å². The molecule has 20 heavy (non-hydrogen) atoms. The first-order valence-corrected chi connectivity index (χ1v) is 6.26. The number of rotatable bonds is 2. The Bertz CT molecular complexity index is 792. The summed E-state index contributed by atoms with van der Waals surface area (Å²) in [5, 5.41) is 12.2. The Morgan fingerprint density at radius 1 is 1.00 bits per heavy atom. The van der Waals surface area contributed by atoms with Gasteiger partial charge in [-0.25, -0.2) is 4.79 Å². The third-order valence-corrected chi connectivity index (χ3v) is 3.24. The predicted octanol–water partition coefficient (Wildman–Crippen LogP) is 3.67. The number of benzene rings is 3. The minimum Gasteiger partial charge on any atom is -0.447 e. The van der Waals surface area contributed by atoms with E-state index in [2.05, 4.69) is 0 Å². The van der Waals surface area contributed by atoms with Crippen LogP contribution in [0.2, 0.25) is 0 Å². The highest BCUT2D eigenvalue weighted by Gasteiger charge is 2.15. The fraction of sp³-hybridized carbons (Fsp3) is 0.0588. The van der Waals surface area contributed by atoms with Gasteiger partial charge in [0.25, 0.3) is 0 Å². The van der Waals surface area contributed by atoms with E-state index in [1.165, 1.54) is 0 Å². The van der Waals surface area contributed by atoms with E-state index in [9.17, 15) is 4.79 Å². The summed E-state index contributed by atoms with van der Waals surface area (Å²) < 4.78 is 4.99. The molecule has 3 rings (SSSR count). The summed E-state index contributed by atoms with van der Waals surface area (Å²) in [6.07, 6.45) is 0. The molecule has 0 aliphatic rings. The number of nitrogens with zero attached hydrogens (tertiary/aromatic N) is 1. The molecular formula is C17H11NO2. The fourth-order valence-electron chi connectivity index (χ4n) is 2.40. The third kappa shape index (κ3) is 1.98. The Hall–Kier alpha value is -2.86. The Morgan fingerprint density at radius 3 is 2.10 bits per heavy atom. The number of hydrogen-bond donors (Lipinski definition) is 0. The van der Waals surface area contributed by atoms with Gasteiger partial charge in [0, 0.05) is 0 Å². The average molecular weight is 261 g/mol. The first kappa shape index (κ1) is 12.2. The van der Waals surface area contributed by atoms with Crippen LogP contribution in [0.4, 0.5) is 0 Å². The summed E-state index contributed by atoms with van der Waals surface area (Å²) >= 11 is 0. The number of ether oxygens (including phenoxy) is 1. The van der Waals surface area contributed by atoms with Gasteiger partial charge in [-0.05, 0) is 27.6 Å². The molecule has 0 aliphatic heterocycles. The zero-order chi connectivity index (χ0) is 13.9. The summed E-state index contributed by atoms with van der Waals surface area (Å²) in [4.78, 5) is 12.3. The van der Waals surface area contributed by atoms with Crippen molar-refractivity contribution >= 4 is 27.5 Å². The highest BCUT2D eigenvalue weighted by Crippen LogP contribution is 2.28. The highest BCUT2D eigenvalue weighted by atomic mass is 16.5. The van der Waals surface area contributed by atoms with Crippen molar-refractivity contribution in [2.45, 2.75) is 0 Å². The monoisotopic (exact) mass is 261 g/mol. The summed E-state index contributed by atoms with van der Waals surface area (Å²) in [6.45, 7) is -0.240. The number of nitriles is 1. The lowest BCUT2D eigenvalue weighted by Crippen LogP contribution is -2.07. The average Bonchev–Trinajstić information content (AvgIpc) is 2.50. The Kier molecular flexibility index (Phi) is 3.06. The number of fused-ring (bicyclic) bond motifs is 2. The Balaban J connectivity index is 2.34. The van der Waals surface area contributed by atoms with E-state index in [1.54, 1.807) is 0 Å². The van der Waals surface area contributed by atoms with Gasteiger partial charge < -0.3 is 4.74 Å². The van der Waals surface area contributed by atoms with Crippen molar-refractivity contribution in [3.63, 3.8) is 0 Å². The molecule has 3 nitrogen and oxygen atoms in total. The van der Waals surface area contributed by atoms with E-state index in [0.29, 0.717) is 5.56 Å². The van der Waals surface area contributed by atoms with Gasteiger partial charge in [0.15, 0.2) is 6.61 Å². The molecule has 0 saturated heterocycles. The lowest BCUT2D eigenvalue weighted by Gasteiger charge is -2.10. The molecule has 0 unspecified atom stereocenters. The summed E-state index contributed by atoms with van der Waals surface area (Å²) in [5.41, 5.74) is 0.522. The van der Waals surface area contributed by atoms with E-state index in [4.69, 9.17) is 10.00 Å². The van der Waals surface area contributed by atoms with Crippen molar-refractivity contribution in [3.8, 4) is 6.07 Å². The van der Waals surface area contributed by atoms with Crippen LogP contribution >= 0.6 is 0 Å². The second-order valence-electron chi connectivity index (χ2n) is 4.43. The second kappa shape index (κ2) is 5.02. The molecule has 3 heteroatoms. The van der Waals surface area contributed by atoms with E-state index >= 15 is 0 Å². The van der Waals surface area contributed by atoms with Crippen LogP contribution in [0.1, 0.15) is 10.4 Å². The van der Waals surface area contributed by atoms with Crippen molar-refractivity contribution in [1.29, 1.82) is 5.26 Å². The molecule has 0 amide bonds. The standard InChI is InChI=1S/C17H11NO2/c18-9-10-20-17(19)16-14-7-3-1-5-12(14)11-13-6-2-4-8-15(13)16/h1-8,11H,10H2. The number of esters is 1. The van der Waals surface area contributed by atoms with Gasteiger partial charge in [-0.15, -0.1) is 0 Å². The quantitative estimate of drug-likeness (QED) is 0.522. The maximum atomic E-state index is 12.3. The van der Waals surface area contributed by atoms with Crippen LogP contribution in [0.5, 0.6) is 0 Å². The van der Waals surface area contributed by atoms with Crippen LogP contribution < -0.4 is 0 Å². The molecule has 0 saturated carbocycles. The van der Waals surface area contributed by atoms with E-state index in [1.807, 2.05) is 60.7 Å². The van der Waals surface area contributed by atoms with E-state index < -0.39 is 5.97 Å². The highest BCUT2D eigenvalue weighted by molar-refractivity contribution is 6.16. The van der Waals surface area contributed by atoms with Crippen LogP contribution in [0.25, 0.3) is 21.5 Å². The van der Waals surface area contributed by atoms with Gasteiger partial charge in [-0.3, -0.25) is 0 Å². The molecule has 0 aliphatic carbocycles. The van der Waals surface area contributed by atoms with E-state index in [-0.39, 0.29) is 6.61 Å². The zero-order valence-corrected chi connectivity index (χ0v) is 10.7. The smallest absolute Gasteiger partial charge is 0.340 e. The molecule has 3 aromatic rings. The molecular weight excluding hydrogens is 250 g/mol. The molecule has 0 aromatic heterocycles. The molecule has 0 bridgehead atoms. The van der Waals surface area contributed by atoms with Crippen LogP contribution in [0.3, 0.4) is 0 Å². The Morgan fingerprint density at radius 2 is 1.55 bits per heavy atom. The normalized spacial score (nSPS) is 10.3. The van der Waals surface area contributed by atoms with Crippen LogP contribution in [-0.4, -0.2) is 12.6 Å². The number of carbonyl (C=O) groups excluding carboxylic acids is 1. The topological polar surface area (TPSA) is 50.1 Å². The van der Waals surface area contributed by atoms with Crippen molar-refractivity contribution < 1.29 is 9.53 Å². The van der Waals surface area contributed by atoms with Crippen molar-refractivity contribution in [2.24, 2.45) is 0 Å². The van der Waals surface area contributed by atoms with E-state index in [0.717, 1.165) is 21.5 Å². The predicted molar refractivity (Wildman–Crippen MR) is 77.3 cm³/mol. The minimum absolute atomic E-state index is 0.240. The lowest BCUT2D eigenvalue weighted by atomic mass is 9.97. The van der Waals surface area contributed by atoms with Crippen LogP contribution in [0.15, 0.2) is 54.6 Å². The van der Waals surface area contributed by atoms with Gasteiger partial charge in [-0.1, -0.05) is 48.5 Å². The third-order valence-electron chi connectivity index (χ3n) is 3.24. The largest absolute Gasteiger partial charge is 0.447 e. The van der Waals surface area contributed by atoms with Crippen LogP contribution in [-0.2, 0) is 4.74 Å². The number of hydrogen-bond acceptors (Lipinski definition) is 3. The maximum Gasteiger partial charge on any atom is 0.340 e. The summed E-state index contributed by atoms with van der Waals surface area (Å²) in [7, 11) is 0. The molecule has 0 heterocycles. The SMILES string of the molecule is N#CCOC(=O)c1c2ccccc2cc2ccccc12. The lowest BCUT2D eigenvalue weighted by molar-refractivity contribution is 0.0559. The molecule has 0 radical (unpaired) electrons. The second-order valence-corrected chi connectivity index (χ2v) is 4.43. The van der Waals surface area contributed by atoms with Crippen molar-refractivity contribution in [1.82, 2.24) is 0 Å².